The minimum atomic E-state index is -0.482. The summed E-state index contributed by atoms with van der Waals surface area (Å²) in [5.74, 6) is -0.881. The van der Waals surface area contributed by atoms with Crippen LogP contribution < -0.4 is 0 Å². The number of benzene rings is 2. The quantitative estimate of drug-likeness (QED) is 0.176. The van der Waals surface area contributed by atoms with Crippen molar-refractivity contribution in [3.8, 4) is 0 Å². The lowest BCUT2D eigenvalue weighted by Gasteiger charge is -2.30. The molecule has 2 aromatic carbocycles. The average molecular weight is 524 g/mol. The third kappa shape index (κ3) is 7.82. The molecule has 9 heteroatoms. The molecule has 1 atom stereocenters. The van der Waals surface area contributed by atoms with Crippen molar-refractivity contribution < 1.29 is 18.9 Å². The van der Waals surface area contributed by atoms with Crippen LogP contribution >= 0.6 is 11.3 Å². The SMILES string of the molecule is CC[C@H](C)N(CC(=O)N(Cc1ccc(F)cc1)Cc1sccc1C)C(=O)/C=C/c1ccc([N+](=O)[O-])cc1. The highest BCUT2D eigenvalue weighted by Crippen LogP contribution is 2.20. The largest absolute Gasteiger partial charge is 0.332 e. The maximum absolute atomic E-state index is 13.5. The lowest BCUT2D eigenvalue weighted by Crippen LogP contribution is -2.45. The normalized spacial score (nSPS) is 11.9. The van der Waals surface area contributed by atoms with Crippen molar-refractivity contribution in [1.82, 2.24) is 9.80 Å². The van der Waals surface area contributed by atoms with Crippen molar-refractivity contribution >= 4 is 34.9 Å². The summed E-state index contributed by atoms with van der Waals surface area (Å²) in [6.45, 7) is 6.40. The molecule has 0 N–H and O–H groups in total. The van der Waals surface area contributed by atoms with Crippen molar-refractivity contribution in [2.24, 2.45) is 0 Å². The van der Waals surface area contributed by atoms with E-state index in [-0.39, 0.29) is 42.5 Å². The Balaban J connectivity index is 1.79. The van der Waals surface area contributed by atoms with Gasteiger partial charge in [0.15, 0.2) is 0 Å². The molecule has 2 amide bonds. The molecule has 3 rings (SSSR count). The van der Waals surface area contributed by atoms with Crippen molar-refractivity contribution in [2.75, 3.05) is 6.54 Å². The van der Waals surface area contributed by atoms with E-state index in [0.29, 0.717) is 18.5 Å². The molecule has 0 saturated carbocycles. The standard InChI is InChI=1S/C28H30FN3O4S/c1-4-21(3)31(27(33)14-9-22-7-12-25(13-8-22)32(35)36)19-28(34)30(18-26-20(2)15-16-37-26)17-23-5-10-24(29)11-6-23/h5-16,21H,4,17-19H2,1-3H3/b14-9+/t21-/m0/s1. The zero-order chi connectivity index (χ0) is 26.9. The number of aryl methyl sites for hydroxylation is 1. The second-order valence-corrected chi connectivity index (χ2v) is 9.81. The van der Waals surface area contributed by atoms with Gasteiger partial charge in [0.1, 0.15) is 12.4 Å². The number of amides is 2. The van der Waals surface area contributed by atoms with Crippen LogP contribution in [0.5, 0.6) is 0 Å². The van der Waals surface area contributed by atoms with Gasteiger partial charge in [-0.15, -0.1) is 11.3 Å². The van der Waals surface area contributed by atoms with Crippen molar-refractivity contribution in [3.63, 3.8) is 0 Å². The summed E-state index contributed by atoms with van der Waals surface area (Å²) < 4.78 is 13.4. The van der Waals surface area contributed by atoms with Crippen molar-refractivity contribution in [1.29, 1.82) is 0 Å². The van der Waals surface area contributed by atoms with Gasteiger partial charge >= 0.3 is 0 Å². The van der Waals surface area contributed by atoms with E-state index in [9.17, 15) is 24.1 Å². The Labute approximate surface area is 220 Å². The molecule has 0 radical (unpaired) electrons. The molecule has 194 valence electrons. The summed E-state index contributed by atoms with van der Waals surface area (Å²) in [4.78, 5) is 41.3. The number of nitrogens with zero attached hydrogens (tertiary/aromatic N) is 3. The first-order valence-corrected chi connectivity index (χ1v) is 12.8. The van der Waals surface area contributed by atoms with Gasteiger partial charge in [-0.25, -0.2) is 4.39 Å². The minimum absolute atomic E-state index is 0.0301. The lowest BCUT2D eigenvalue weighted by atomic mass is 10.1. The Morgan fingerprint density at radius 2 is 1.76 bits per heavy atom. The van der Waals surface area contributed by atoms with E-state index in [2.05, 4.69) is 0 Å². The number of hydrogen-bond acceptors (Lipinski definition) is 5. The van der Waals surface area contributed by atoms with Crippen molar-refractivity contribution in [2.45, 2.75) is 46.3 Å². The second kappa shape index (κ2) is 12.9. The number of halogens is 1. The molecule has 0 spiro atoms. The Kier molecular flexibility index (Phi) is 9.68. The molecule has 0 bridgehead atoms. The van der Waals surface area contributed by atoms with Gasteiger partial charge in [0.05, 0.1) is 11.5 Å². The molecule has 0 fully saturated rings. The first-order chi connectivity index (χ1) is 17.7. The first kappa shape index (κ1) is 27.7. The summed E-state index contributed by atoms with van der Waals surface area (Å²) >= 11 is 1.57. The average Bonchev–Trinajstić information content (AvgIpc) is 3.30. The maximum atomic E-state index is 13.5. The molecule has 3 aromatic rings. The summed E-state index contributed by atoms with van der Waals surface area (Å²) in [6, 6.07) is 13.7. The highest BCUT2D eigenvalue weighted by molar-refractivity contribution is 7.10. The highest BCUT2D eigenvalue weighted by Gasteiger charge is 2.24. The zero-order valence-corrected chi connectivity index (χ0v) is 21.9. The van der Waals surface area contributed by atoms with Gasteiger partial charge in [0.25, 0.3) is 5.69 Å². The fourth-order valence-corrected chi connectivity index (χ4v) is 4.59. The van der Waals surface area contributed by atoms with E-state index < -0.39 is 4.92 Å². The smallest absolute Gasteiger partial charge is 0.269 e. The molecular formula is C28H30FN3O4S. The molecule has 0 saturated heterocycles. The van der Waals surface area contributed by atoms with Crippen LogP contribution in [0, 0.1) is 22.9 Å². The molecule has 0 aliphatic carbocycles. The minimum Gasteiger partial charge on any atom is -0.332 e. The van der Waals surface area contributed by atoms with Crippen LogP contribution in [0.4, 0.5) is 10.1 Å². The Morgan fingerprint density at radius 3 is 2.32 bits per heavy atom. The van der Waals surface area contributed by atoms with Gasteiger partial charge in [0.2, 0.25) is 11.8 Å². The van der Waals surface area contributed by atoms with E-state index >= 15 is 0 Å². The molecular weight excluding hydrogens is 493 g/mol. The van der Waals surface area contributed by atoms with Crippen LogP contribution in [0.25, 0.3) is 6.08 Å². The monoisotopic (exact) mass is 523 g/mol. The van der Waals surface area contributed by atoms with Gasteiger partial charge in [-0.3, -0.25) is 19.7 Å². The highest BCUT2D eigenvalue weighted by atomic mass is 32.1. The molecule has 1 aromatic heterocycles. The van der Waals surface area contributed by atoms with Crippen LogP contribution in [-0.4, -0.2) is 39.1 Å². The summed E-state index contributed by atoms with van der Waals surface area (Å²) in [5, 5.41) is 12.8. The third-order valence-corrected chi connectivity index (χ3v) is 7.18. The van der Waals surface area contributed by atoms with Crippen molar-refractivity contribution in [3.05, 3.63) is 104 Å². The second-order valence-electron chi connectivity index (χ2n) is 8.81. The Hall–Kier alpha value is -3.85. The number of nitro groups is 1. The van der Waals surface area contributed by atoms with Gasteiger partial charge in [-0.1, -0.05) is 19.1 Å². The molecule has 7 nitrogen and oxygen atoms in total. The maximum Gasteiger partial charge on any atom is 0.269 e. The predicted molar refractivity (Wildman–Crippen MR) is 143 cm³/mol. The van der Waals surface area contributed by atoms with E-state index in [4.69, 9.17) is 0 Å². The van der Waals surface area contributed by atoms with Crippen LogP contribution in [0.1, 0.15) is 41.8 Å². The number of non-ortho nitro benzene ring substituents is 1. The number of hydrogen-bond donors (Lipinski definition) is 0. The summed E-state index contributed by atoms with van der Waals surface area (Å²) in [5.41, 5.74) is 2.49. The van der Waals surface area contributed by atoms with E-state index in [1.54, 1.807) is 46.6 Å². The van der Waals surface area contributed by atoms with E-state index in [1.165, 1.54) is 35.2 Å². The third-order valence-electron chi connectivity index (χ3n) is 6.18. The number of thiophene rings is 1. The zero-order valence-electron chi connectivity index (χ0n) is 21.1. The number of carbonyl (C=O) groups is 2. The Morgan fingerprint density at radius 1 is 1.08 bits per heavy atom. The summed E-state index contributed by atoms with van der Waals surface area (Å²) in [7, 11) is 0. The number of carbonyl (C=O) groups excluding carboxylic acids is 2. The Bertz CT molecular complexity index is 1260. The van der Waals surface area contributed by atoms with Gasteiger partial charge in [-0.2, -0.15) is 0 Å². The van der Waals surface area contributed by atoms with Crippen LogP contribution in [-0.2, 0) is 22.7 Å². The van der Waals surface area contributed by atoms with Crippen LogP contribution in [0.2, 0.25) is 0 Å². The van der Waals surface area contributed by atoms with Crippen LogP contribution in [0.3, 0.4) is 0 Å². The first-order valence-electron chi connectivity index (χ1n) is 12.0. The molecule has 1 heterocycles. The topological polar surface area (TPSA) is 83.8 Å². The number of rotatable bonds is 11. The van der Waals surface area contributed by atoms with Gasteiger partial charge < -0.3 is 9.80 Å². The molecule has 37 heavy (non-hydrogen) atoms. The molecule has 0 unspecified atom stereocenters. The number of nitro benzene ring substituents is 1. The fraction of sp³-hybridized carbons (Fsp3) is 0.286. The lowest BCUT2D eigenvalue weighted by molar-refractivity contribution is -0.384. The van der Waals surface area contributed by atoms with Crippen LogP contribution in [0.15, 0.2) is 66.1 Å². The predicted octanol–water partition coefficient (Wildman–Crippen LogP) is 5.97. The van der Waals surface area contributed by atoms with E-state index in [0.717, 1.165) is 16.0 Å². The molecule has 0 aliphatic rings. The van der Waals surface area contributed by atoms with Gasteiger partial charge in [0, 0.05) is 35.7 Å². The van der Waals surface area contributed by atoms with Gasteiger partial charge in [-0.05, 0) is 78.7 Å². The summed E-state index contributed by atoms with van der Waals surface area (Å²) in [6.07, 6.45) is 3.62. The molecule has 0 aliphatic heterocycles. The van der Waals surface area contributed by atoms with E-state index in [1.807, 2.05) is 32.2 Å². The fourth-order valence-electron chi connectivity index (χ4n) is 3.67.